The monoisotopic (exact) mass is 547 g/mol. The lowest BCUT2D eigenvalue weighted by atomic mass is 9.88. The second-order valence-electron chi connectivity index (χ2n) is 8.55. The fourth-order valence-corrected chi connectivity index (χ4v) is 4.85. The second kappa shape index (κ2) is 11.3. The van der Waals surface area contributed by atoms with Crippen molar-refractivity contribution in [3.05, 3.63) is 83.6 Å². The fourth-order valence-electron chi connectivity index (χ4n) is 4.21. The van der Waals surface area contributed by atoms with Gasteiger partial charge in [0, 0.05) is 11.1 Å². The molecule has 3 aromatic carbocycles. The Labute approximate surface area is 219 Å². The molecule has 1 aliphatic heterocycles. The number of ether oxygens (including phenoxy) is 5. The van der Waals surface area contributed by atoms with Crippen LogP contribution in [0.1, 0.15) is 29.7 Å². The SMILES string of the molecule is C=C(C)OCCOc1ccc2c(c1OC(F)F)-c1ccc(CS(N)(=O)=O)cc1C(c1cccc(OC)c1)O2. The summed E-state index contributed by atoms with van der Waals surface area (Å²) in [5, 5.41) is 5.27. The van der Waals surface area contributed by atoms with Crippen molar-refractivity contribution in [2.75, 3.05) is 20.3 Å². The van der Waals surface area contributed by atoms with Gasteiger partial charge in [-0.25, -0.2) is 13.6 Å². The number of benzene rings is 3. The number of primary sulfonamides is 1. The quantitative estimate of drug-likeness (QED) is 0.261. The number of hydrogen-bond donors (Lipinski definition) is 1. The maximum atomic E-state index is 13.6. The van der Waals surface area contributed by atoms with Gasteiger partial charge in [0.15, 0.2) is 11.5 Å². The summed E-state index contributed by atoms with van der Waals surface area (Å²) in [6.07, 6.45) is -0.705. The van der Waals surface area contributed by atoms with Crippen LogP contribution in [0.15, 0.2) is 66.9 Å². The van der Waals surface area contributed by atoms with E-state index >= 15 is 0 Å². The highest BCUT2D eigenvalue weighted by Crippen LogP contribution is 2.52. The molecule has 0 spiro atoms. The summed E-state index contributed by atoms with van der Waals surface area (Å²) in [7, 11) is -2.30. The average Bonchev–Trinajstić information content (AvgIpc) is 2.85. The van der Waals surface area contributed by atoms with Crippen molar-refractivity contribution < 1.29 is 40.9 Å². The van der Waals surface area contributed by atoms with Crippen LogP contribution in [0.3, 0.4) is 0 Å². The van der Waals surface area contributed by atoms with Crippen molar-refractivity contribution in [2.24, 2.45) is 5.14 Å². The molecule has 1 atom stereocenters. The Kier molecular flexibility index (Phi) is 8.08. The van der Waals surface area contributed by atoms with Gasteiger partial charge in [0.25, 0.3) is 0 Å². The third-order valence-corrected chi connectivity index (χ3v) is 6.39. The highest BCUT2D eigenvalue weighted by Gasteiger charge is 2.33. The number of allylic oxidation sites excluding steroid dienone is 1. The highest BCUT2D eigenvalue weighted by atomic mass is 32.2. The molecule has 0 saturated carbocycles. The standard InChI is InChI=1S/C27H27F2NO7S/c1-16(2)34-11-12-35-23-10-9-22-24(26(23)37-27(28)29)20-8-7-17(15-38(30,31)32)13-21(20)25(36-22)18-5-4-6-19(14-18)33-3/h4-10,13-14,25,27H,1,11-12,15H2,2-3H3,(H2,30,31,32). The summed E-state index contributed by atoms with van der Waals surface area (Å²) in [6, 6.07) is 15.1. The first-order valence-corrected chi connectivity index (χ1v) is 13.2. The number of rotatable bonds is 11. The molecular weight excluding hydrogens is 520 g/mol. The van der Waals surface area contributed by atoms with Gasteiger partial charge in [-0.3, -0.25) is 0 Å². The Morgan fingerprint density at radius 1 is 1.13 bits per heavy atom. The number of nitrogens with two attached hydrogens (primary N) is 1. The molecule has 2 N–H and O–H groups in total. The van der Waals surface area contributed by atoms with Gasteiger partial charge in [0.05, 0.1) is 24.2 Å². The zero-order valence-corrected chi connectivity index (χ0v) is 21.6. The first-order valence-electron chi connectivity index (χ1n) is 11.5. The minimum Gasteiger partial charge on any atom is -0.497 e. The number of fused-ring (bicyclic) bond motifs is 3. The summed E-state index contributed by atoms with van der Waals surface area (Å²) in [5.41, 5.74) is 2.41. The third-order valence-electron chi connectivity index (χ3n) is 5.66. The van der Waals surface area contributed by atoms with E-state index in [9.17, 15) is 17.2 Å². The van der Waals surface area contributed by atoms with E-state index in [1.165, 1.54) is 13.2 Å². The maximum Gasteiger partial charge on any atom is 0.387 e. The van der Waals surface area contributed by atoms with Crippen molar-refractivity contribution in [2.45, 2.75) is 25.4 Å². The Morgan fingerprint density at radius 3 is 2.61 bits per heavy atom. The molecule has 0 saturated heterocycles. The van der Waals surface area contributed by atoms with Crippen LogP contribution in [-0.4, -0.2) is 35.4 Å². The van der Waals surface area contributed by atoms with Crippen LogP contribution in [0.25, 0.3) is 11.1 Å². The predicted octanol–water partition coefficient (Wildman–Crippen LogP) is 5.16. The van der Waals surface area contributed by atoms with Crippen LogP contribution in [0, 0.1) is 0 Å². The molecule has 0 amide bonds. The summed E-state index contributed by atoms with van der Waals surface area (Å²) < 4.78 is 78.3. The number of methoxy groups -OCH3 is 1. The molecule has 4 rings (SSSR count). The third kappa shape index (κ3) is 6.35. The van der Waals surface area contributed by atoms with Crippen LogP contribution in [0.4, 0.5) is 8.78 Å². The summed E-state index contributed by atoms with van der Waals surface area (Å²) >= 11 is 0. The van der Waals surface area contributed by atoms with Gasteiger partial charge in [-0.15, -0.1) is 0 Å². The van der Waals surface area contributed by atoms with Gasteiger partial charge in [-0.05, 0) is 42.3 Å². The normalized spacial score (nSPS) is 14.2. The summed E-state index contributed by atoms with van der Waals surface area (Å²) in [5.74, 6) is 0.802. The molecule has 0 radical (unpaired) electrons. The molecule has 1 heterocycles. The van der Waals surface area contributed by atoms with E-state index in [0.29, 0.717) is 33.8 Å². The Bertz CT molecular complexity index is 1440. The Balaban J connectivity index is 1.85. The largest absolute Gasteiger partial charge is 0.497 e. The molecule has 0 bridgehead atoms. The van der Waals surface area contributed by atoms with Gasteiger partial charge in [-0.2, -0.15) is 8.78 Å². The molecule has 202 valence electrons. The molecule has 8 nitrogen and oxygen atoms in total. The average molecular weight is 548 g/mol. The smallest absolute Gasteiger partial charge is 0.387 e. The molecular formula is C27H27F2NO7S. The summed E-state index contributed by atoms with van der Waals surface area (Å²) in [4.78, 5) is 0. The molecule has 1 aliphatic rings. The van der Waals surface area contributed by atoms with Crippen LogP contribution in [0.5, 0.6) is 23.0 Å². The van der Waals surface area contributed by atoms with E-state index in [1.807, 2.05) is 6.07 Å². The lowest BCUT2D eigenvalue weighted by Crippen LogP contribution is -2.19. The topological polar surface area (TPSA) is 106 Å². The van der Waals surface area contributed by atoms with E-state index in [2.05, 4.69) is 6.58 Å². The summed E-state index contributed by atoms with van der Waals surface area (Å²) in [6.45, 7) is 2.39. The van der Waals surface area contributed by atoms with E-state index in [0.717, 1.165) is 0 Å². The molecule has 0 aliphatic carbocycles. The number of hydrogen-bond acceptors (Lipinski definition) is 7. The molecule has 0 fully saturated rings. The van der Waals surface area contributed by atoms with Crippen molar-refractivity contribution in [1.82, 2.24) is 0 Å². The van der Waals surface area contributed by atoms with E-state index < -0.39 is 28.5 Å². The second-order valence-corrected chi connectivity index (χ2v) is 10.2. The Morgan fingerprint density at radius 2 is 1.92 bits per heavy atom. The van der Waals surface area contributed by atoms with Gasteiger partial charge in [0.1, 0.15) is 30.8 Å². The van der Waals surface area contributed by atoms with Crippen molar-refractivity contribution in [1.29, 1.82) is 0 Å². The Hall–Kier alpha value is -3.83. The van der Waals surface area contributed by atoms with Crippen molar-refractivity contribution in [3.8, 4) is 34.1 Å². The maximum absolute atomic E-state index is 13.6. The first-order chi connectivity index (χ1) is 18.1. The van der Waals surface area contributed by atoms with E-state index in [1.54, 1.807) is 49.4 Å². The minimum absolute atomic E-state index is 0.0543. The molecule has 1 unspecified atom stereocenters. The molecule has 3 aromatic rings. The molecule has 38 heavy (non-hydrogen) atoms. The first kappa shape index (κ1) is 27.2. The van der Waals surface area contributed by atoms with E-state index in [-0.39, 0.29) is 36.0 Å². The van der Waals surface area contributed by atoms with Gasteiger partial charge < -0.3 is 23.7 Å². The lowest BCUT2D eigenvalue weighted by molar-refractivity contribution is -0.0514. The van der Waals surface area contributed by atoms with Crippen molar-refractivity contribution >= 4 is 10.0 Å². The zero-order valence-electron chi connectivity index (χ0n) is 20.8. The van der Waals surface area contributed by atoms with E-state index in [4.69, 9.17) is 28.8 Å². The highest BCUT2D eigenvalue weighted by molar-refractivity contribution is 7.88. The molecule has 11 heteroatoms. The predicted molar refractivity (Wildman–Crippen MR) is 137 cm³/mol. The minimum atomic E-state index is -3.83. The van der Waals surface area contributed by atoms with Crippen molar-refractivity contribution in [3.63, 3.8) is 0 Å². The van der Waals surface area contributed by atoms with Gasteiger partial charge >= 0.3 is 6.61 Å². The van der Waals surface area contributed by atoms with Crippen LogP contribution in [0.2, 0.25) is 0 Å². The number of sulfonamides is 1. The van der Waals surface area contributed by atoms with Gasteiger partial charge in [-0.1, -0.05) is 36.9 Å². The van der Waals surface area contributed by atoms with Gasteiger partial charge in [0.2, 0.25) is 10.0 Å². The molecule has 0 aromatic heterocycles. The van der Waals surface area contributed by atoms with Crippen LogP contribution < -0.4 is 24.1 Å². The van der Waals surface area contributed by atoms with Crippen LogP contribution >= 0.6 is 0 Å². The van der Waals surface area contributed by atoms with Crippen LogP contribution in [-0.2, 0) is 20.5 Å². The number of halogens is 2. The zero-order chi connectivity index (χ0) is 27.4. The fraction of sp³-hybridized carbons (Fsp3) is 0.259. The number of alkyl halides is 2. The lowest BCUT2D eigenvalue weighted by Gasteiger charge is -2.31.